The molecule has 17 heteroatoms. The summed E-state index contributed by atoms with van der Waals surface area (Å²) in [6, 6.07) is 7.03. The van der Waals surface area contributed by atoms with Crippen LogP contribution in [0.25, 0.3) is 0 Å². The zero-order valence-electron chi connectivity index (χ0n) is 19.1. The molecule has 3 aromatic rings. The van der Waals surface area contributed by atoms with Gasteiger partial charge in [-0.15, -0.1) is 0 Å². The van der Waals surface area contributed by atoms with Gasteiger partial charge in [0.1, 0.15) is 4.88 Å². The zero-order chi connectivity index (χ0) is 29.1. The SMILES string of the molecule is CN(C(=O)NC(=O)c1c(Cl)cccc1Cl)c1nc(C(F)(F)F)c(C(=O)N/N=C/c2ccccc2C(F)(F)F)s1. The highest BCUT2D eigenvalue weighted by Crippen LogP contribution is 2.37. The minimum atomic E-state index is -5.16. The van der Waals surface area contributed by atoms with Crippen molar-refractivity contribution in [1.29, 1.82) is 0 Å². The standard InChI is InChI=1S/C22H13Cl2F6N5O3S/c1-35(19(38)33-17(36)14-12(23)7-4-8-13(14)24)20-32-16(22(28,29)30)15(39-20)18(37)34-31-9-10-5-2-3-6-11(10)21(25,26)27/h2-9H,1H3,(H,34,37)(H,33,36,38)/b31-9+. The van der Waals surface area contributed by atoms with Crippen molar-refractivity contribution in [2.24, 2.45) is 5.10 Å². The number of anilines is 1. The Kier molecular flexibility index (Phi) is 8.87. The first-order valence-electron chi connectivity index (χ1n) is 10.2. The lowest BCUT2D eigenvalue weighted by atomic mass is 10.1. The van der Waals surface area contributed by atoms with Crippen LogP contribution in [0.1, 0.15) is 36.9 Å². The van der Waals surface area contributed by atoms with E-state index in [1.165, 1.54) is 24.3 Å². The number of alkyl halides is 6. The number of benzene rings is 2. The van der Waals surface area contributed by atoms with E-state index in [2.05, 4.69) is 10.1 Å². The number of imide groups is 1. The number of halogens is 8. The minimum Gasteiger partial charge on any atom is -0.273 e. The van der Waals surface area contributed by atoms with E-state index in [1.807, 2.05) is 5.32 Å². The zero-order valence-corrected chi connectivity index (χ0v) is 21.4. The van der Waals surface area contributed by atoms with Crippen molar-refractivity contribution in [3.63, 3.8) is 0 Å². The van der Waals surface area contributed by atoms with E-state index in [0.29, 0.717) is 11.1 Å². The van der Waals surface area contributed by atoms with Crippen LogP contribution in [0.15, 0.2) is 47.6 Å². The molecule has 4 amide bonds. The molecule has 0 spiro atoms. The predicted molar refractivity (Wildman–Crippen MR) is 131 cm³/mol. The first-order chi connectivity index (χ1) is 18.1. The van der Waals surface area contributed by atoms with E-state index in [4.69, 9.17) is 23.2 Å². The molecule has 2 N–H and O–H groups in total. The molecule has 0 saturated heterocycles. The third-order valence-electron chi connectivity index (χ3n) is 4.73. The van der Waals surface area contributed by atoms with Gasteiger partial charge in [0.05, 0.1) is 27.4 Å². The molecule has 0 aliphatic heterocycles. The Morgan fingerprint density at radius 1 is 0.949 bits per heavy atom. The van der Waals surface area contributed by atoms with Crippen LogP contribution in [0.5, 0.6) is 0 Å². The lowest BCUT2D eigenvalue weighted by Gasteiger charge is -2.15. The predicted octanol–water partition coefficient (Wildman–Crippen LogP) is 6.24. The van der Waals surface area contributed by atoms with Crippen molar-refractivity contribution in [2.75, 3.05) is 11.9 Å². The second-order valence-electron chi connectivity index (χ2n) is 7.37. The summed E-state index contributed by atoms with van der Waals surface area (Å²) in [5.74, 6) is -2.51. The van der Waals surface area contributed by atoms with Crippen LogP contribution in [0.3, 0.4) is 0 Å². The molecule has 0 atom stereocenters. The molecule has 3 rings (SSSR count). The molecule has 0 fully saturated rings. The molecule has 1 aromatic heterocycles. The fourth-order valence-corrected chi connectivity index (χ4v) is 4.43. The van der Waals surface area contributed by atoms with Crippen LogP contribution < -0.4 is 15.6 Å². The summed E-state index contributed by atoms with van der Waals surface area (Å²) in [5, 5.41) is 4.37. The number of nitrogens with zero attached hydrogens (tertiary/aromatic N) is 3. The van der Waals surface area contributed by atoms with Gasteiger partial charge >= 0.3 is 18.4 Å². The first-order valence-corrected chi connectivity index (χ1v) is 11.8. The molecule has 2 aromatic carbocycles. The van der Waals surface area contributed by atoms with Gasteiger partial charge < -0.3 is 0 Å². The highest BCUT2D eigenvalue weighted by atomic mass is 35.5. The number of urea groups is 1. The Morgan fingerprint density at radius 3 is 2.15 bits per heavy atom. The fourth-order valence-electron chi connectivity index (χ4n) is 2.92. The Balaban J connectivity index is 1.82. The van der Waals surface area contributed by atoms with Gasteiger partial charge in [-0.05, 0) is 18.2 Å². The lowest BCUT2D eigenvalue weighted by molar-refractivity contribution is -0.141. The maximum absolute atomic E-state index is 13.6. The van der Waals surface area contributed by atoms with Crippen LogP contribution in [0, 0.1) is 0 Å². The molecular formula is C22H13Cl2F6N5O3S. The Bertz CT molecular complexity index is 1440. The highest BCUT2D eigenvalue weighted by molar-refractivity contribution is 7.17. The largest absolute Gasteiger partial charge is 0.435 e. The summed E-state index contributed by atoms with van der Waals surface area (Å²) >= 11 is 11.9. The van der Waals surface area contributed by atoms with Crippen molar-refractivity contribution in [3.8, 4) is 0 Å². The van der Waals surface area contributed by atoms with Crippen molar-refractivity contribution in [3.05, 3.63) is 79.8 Å². The number of rotatable bonds is 5. The normalized spacial score (nSPS) is 11.9. The van der Waals surface area contributed by atoms with Gasteiger partial charge in [0.15, 0.2) is 10.8 Å². The summed E-state index contributed by atoms with van der Waals surface area (Å²) in [4.78, 5) is 40.1. The molecular weight excluding hydrogens is 599 g/mol. The number of thiazole rings is 1. The Morgan fingerprint density at radius 2 is 1.56 bits per heavy atom. The Labute approximate surface area is 229 Å². The fraction of sp³-hybridized carbons (Fsp3) is 0.136. The topological polar surface area (TPSA) is 104 Å². The van der Waals surface area contributed by atoms with Gasteiger partial charge in [-0.25, -0.2) is 15.2 Å². The number of hydrogen-bond acceptors (Lipinski definition) is 6. The van der Waals surface area contributed by atoms with Crippen molar-refractivity contribution in [1.82, 2.24) is 15.7 Å². The molecule has 0 aliphatic carbocycles. The van der Waals surface area contributed by atoms with Gasteiger partial charge in [0, 0.05) is 12.6 Å². The number of nitrogens with one attached hydrogen (secondary N) is 2. The number of hydrogen-bond donors (Lipinski definition) is 2. The molecule has 0 saturated carbocycles. The minimum absolute atomic E-state index is 0.0959. The number of amides is 4. The molecule has 8 nitrogen and oxygen atoms in total. The molecule has 0 bridgehead atoms. The van der Waals surface area contributed by atoms with E-state index < -0.39 is 57.0 Å². The van der Waals surface area contributed by atoms with Gasteiger partial charge in [0.25, 0.3) is 11.8 Å². The molecule has 0 aliphatic rings. The van der Waals surface area contributed by atoms with Crippen molar-refractivity contribution in [2.45, 2.75) is 12.4 Å². The monoisotopic (exact) mass is 611 g/mol. The van der Waals surface area contributed by atoms with Gasteiger partial charge in [0.2, 0.25) is 0 Å². The maximum atomic E-state index is 13.6. The first kappa shape index (κ1) is 29.9. The third-order valence-corrected chi connectivity index (χ3v) is 6.49. The van der Waals surface area contributed by atoms with Gasteiger partial charge in [-0.3, -0.25) is 19.8 Å². The third kappa shape index (κ3) is 7.04. The number of aromatic nitrogens is 1. The summed E-state index contributed by atoms with van der Waals surface area (Å²) in [6.07, 6.45) is -9.29. The lowest BCUT2D eigenvalue weighted by Crippen LogP contribution is -2.41. The van der Waals surface area contributed by atoms with Crippen LogP contribution >= 0.6 is 34.5 Å². The van der Waals surface area contributed by atoms with Crippen LogP contribution in [-0.2, 0) is 12.4 Å². The average molecular weight is 612 g/mol. The van der Waals surface area contributed by atoms with E-state index in [9.17, 15) is 40.7 Å². The summed E-state index contributed by atoms with van der Waals surface area (Å²) < 4.78 is 80.0. The van der Waals surface area contributed by atoms with Crippen molar-refractivity contribution < 1.29 is 40.7 Å². The second kappa shape index (κ2) is 11.6. The molecule has 1 heterocycles. The van der Waals surface area contributed by atoms with Gasteiger partial charge in [-0.2, -0.15) is 31.4 Å². The van der Waals surface area contributed by atoms with E-state index >= 15 is 0 Å². The van der Waals surface area contributed by atoms with Crippen LogP contribution in [-0.4, -0.2) is 36.1 Å². The van der Waals surface area contributed by atoms with Crippen molar-refractivity contribution >= 4 is 63.7 Å². The average Bonchev–Trinajstić information content (AvgIpc) is 3.29. The number of carbonyl (C=O) groups excluding carboxylic acids is 3. The van der Waals surface area contributed by atoms with E-state index in [1.54, 1.807) is 5.43 Å². The number of carbonyl (C=O) groups is 3. The summed E-state index contributed by atoms with van der Waals surface area (Å²) in [6.45, 7) is 0. The molecule has 39 heavy (non-hydrogen) atoms. The quantitative estimate of drug-likeness (QED) is 0.202. The molecule has 0 radical (unpaired) electrons. The van der Waals surface area contributed by atoms with E-state index in [-0.39, 0.29) is 26.9 Å². The summed E-state index contributed by atoms with van der Waals surface area (Å²) in [7, 11) is 0.976. The maximum Gasteiger partial charge on any atom is 0.435 e. The number of hydrazone groups is 1. The highest BCUT2D eigenvalue weighted by Gasteiger charge is 2.41. The second-order valence-corrected chi connectivity index (χ2v) is 9.16. The smallest absolute Gasteiger partial charge is 0.273 e. The molecule has 0 unspecified atom stereocenters. The summed E-state index contributed by atoms with van der Waals surface area (Å²) in [5.41, 5.74) is -1.77. The van der Waals surface area contributed by atoms with Crippen LogP contribution in [0.4, 0.5) is 36.3 Å². The van der Waals surface area contributed by atoms with E-state index in [0.717, 1.165) is 25.2 Å². The van der Waals surface area contributed by atoms with Crippen LogP contribution in [0.2, 0.25) is 10.0 Å². The van der Waals surface area contributed by atoms with Gasteiger partial charge in [-0.1, -0.05) is 58.8 Å². The Hall–Kier alpha value is -3.69. The molecule has 206 valence electrons.